The van der Waals surface area contributed by atoms with Gasteiger partial charge in [0.15, 0.2) is 0 Å². The summed E-state index contributed by atoms with van der Waals surface area (Å²) < 4.78 is 0. The third kappa shape index (κ3) is 13.5. The van der Waals surface area contributed by atoms with Gasteiger partial charge in [-0.3, -0.25) is 18.2 Å². The first kappa shape index (κ1) is 19.0. The zero-order valence-corrected chi connectivity index (χ0v) is 12.9. The van der Waals surface area contributed by atoms with Crippen molar-refractivity contribution in [2.45, 2.75) is 19.3 Å². The van der Waals surface area contributed by atoms with Gasteiger partial charge < -0.3 is 12.4 Å². The first-order valence-corrected chi connectivity index (χ1v) is 5.15. The molecule has 0 aromatic carbocycles. The van der Waals surface area contributed by atoms with Crippen molar-refractivity contribution in [1.82, 2.24) is 0 Å². The van der Waals surface area contributed by atoms with Crippen LogP contribution < -0.4 is 12.4 Å². The Kier molecular flexibility index (Phi) is 17.4. The van der Waals surface area contributed by atoms with Crippen LogP contribution in [-0.4, -0.2) is 0 Å². The molecule has 1 radical (unpaired) electrons. The zero-order valence-electron chi connectivity index (χ0n) is 9.70. The molecule has 0 bridgehead atoms. The van der Waals surface area contributed by atoms with Gasteiger partial charge in [0.1, 0.15) is 0 Å². The van der Waals surface area contributed by atoms with E-state index < -0.39 is 0 Å². The van der Waals surface area contributed by atoms with E-state index in [1.54, 1.807) is 0 Å². The molecular weight excluding hydrogens is 307 g/mol. The molecular formula is C15H15ClZr-. The fourth-order valence-corrected chi connectivity index (χ4v) is 1.02. The molecule has 0 atom stereocenters. The van der Waals surface area contributed by atoms with Gasteiger partial charge >= 0.3 is 26.2 Å². The molecule has 3 aliphatic carbocycles. The van der Waals surface area contributed by atoms with Crippen LogP contribution in [0.4, 0.5) is 0 Å². The maximum atomic E-state index is 2.99. The van der Waals surface area contributed by atoms with E-state index in [1.807, 2.05) is 36.5 Å². The van der Waals surface area contributed by atoms with Crippen molar-refractivity contribution in [2.75, 3.05) is 0 Å². The molecule has 0 amide bonds. The predicted molar refractivity (Wildman–Crippen MR) is 64.7 cm³/mol. The van der Waals surface area contributed by atoms with Crippen LogP contribution in [0.25, 0.3) is 0 Å². The second-order valence-electron chi connectivity index (χ2n) is 3.01. The van der Waals surface area contributed by atoms with Gasteiger partial charge in [-0.25, -0.2) is 36.5 Å². The summed E-state index contributed by atoms with van der Waals surface area (Å²) >= 11 is 0. The molecule has 87 valence electrons. The summed E-state index contributed by atoms with van der Waals surface area (Å²) in [5.41, 5.74) is 0. The second-order valence-corrected chi connectivity index (χ2v) is 3.01. The number of rotatable bonds is 0. The van der Waals surface area contributed by atoms with Gasteiger partial charge in [-0.2, -0.15) is 18.2 Å². The Morgan fingerprint density at radius 2 is 0.882 bits per heavy atom. The predicted octanol–water partition coefficient (Wildman–Crippen LogP) is 0.919. The van der Waals surface area contributed by atoms with Gasteiger partial charge in [-0.1, -0.05) is 0 Å². The fourth-order valence-electron chi connectivity index (χ4n) is 1.02. The summed E-state index contributed by atoms with van der Waals surface area (Å²) in [5, 5.41) is 0. The summed E-state index contributed by atoms with van der Waals surface area (Å²) in [4.78, 5) is 0. The van der Waals surface area contributed by atoms with Crippen LogP contribution in [0.3, 0.4) is 0 Å². The van der Waals surface area contributed by atoms with E-state index in [-0.39, 0.29) is 38.6 Å². The molecule has 0 nitrogen and oxygen atoms in total. The van der Waals surface area contributed by atoms with E-state index >= 15 is 0 Å². The summed E-state index contributed by atoms with van der Waals surface area (Å²) in [6.07, 6.45) is 30.0. The molecule has 0 fully saturated rings. The van der Waals surface area contributed by atoms with Crippen molar-refractivity contribution in [3.63, 3.8) is 0 Å². The molecule has 2 heteroatoms. The quantitative estimate of drug-likeness (QED) is 0.582. The Morgan fingerprint density at radius 1 is 0.588 bits per heavy atom. The Hall–Kier alpha value is -0.387. The zero-order chi connectivity index (χ0) is 10.6. The SMILES string of the molecule is [C-]1=CC=CC1.[C-]1=CC=CC1.[C-]1=CC=CC1.[Cl-].[Zr+3]. The summed E-state index contributed by atoms with van der Waals surface area (Å²) in [5.74, 6) is 0. The fraction of sp³-hybridized carbons (Fsp3) is 0.200. The van der Waals surface area contributed by atoms with Crippen molar-refractivity contribution in [3.8, 4) is 0 Å². The molecule has 3 rings (SSSR count). The van der Waals surface area contributed by atoms with Crippen LogP contribution in [0.15, 0.2) is 54.7 Å². The molecule has 0 aromatic rings. The molecule has 0 saturated heterocycles. The van der Waals surface area contributed by atoms with E-state index in [2.05, 4.69) is 36.5 Å². The summed E-state index contributed by atoms with van der Waals surface area (Å²) in [7, 11) is 0. The van der Waals surface area contributed by atoms with Crippen molar-refractivity contribution < 1.29 is 38.6 Å². The maximum absolute atomic E-state index is 2.99. The maximum Gasteiger partial charge on any atom is 3.00 e. The molecule has 0 spiro atoms. The molecule has 0 aliphatic heterocycles. The van der Waals surface area contributed by atoms with Crippen molar-refractivity contribution >= 4 is 0 Å². The normalized spacial score (nSPS) is 15.5. The summed E-state index contributed by atoms with van der Waals surface area (Å²) in [6, 6.07) is 0. The van der Waals surface area contributed by atoms with Gasteiger partial charge in [0.25, 0.3) is 0 Å². The standard InChI is InChI=1S/3C5H5.ClH.Zr/c3*1-2-4-5-3-1;;/h3*1-3H,4H2;1H;/q3*-1;;+3/p-1. The minimum Gasteiger partial charge on any atom is -1.00 e. The van der Waals surface area contributed by atoms with Gasteiger partial charge in [0, 0.05) is 0 Å². The Labute approximate surface area is 130 Å². The molecule has 0 aromatic heterocycles. The number of hydrogen-bond donors (Lipinski definition) is 0. The molecule has 17 heavy (non-hydrogen) atoms. The van der Waals surface area contributed by atoms with E-state index in [1.165, 1.54) is 0 Å². The monoisotopic (exact) mass is 320 g/mol. The molecule has 0 saturated carbocycles. The van der Waals surface area contributed by atoms with Crippen molar-refractivity contribution in [1.29, 1.82) is 0 Å². The average Bonchev–Trinajstić information content (AvgIpc) is 3.09. The molecule has 0 heterocycles. The topological polar surface area (TPSA) is 0 Å². The van der Waals surface area contributed by atoms with E-state index in [0.29, 0.717) is 0 Å². The third-order valence-corrected chi connectivity index (χ3v) is 1.76. The van der Waals surface area contributed by atoms with Gasteiger partial charge in [-0.15, -0.1) is 19.3 Å². The van der Waals surface area contributed by atoms with Crippen LogP contribution in [0, 0.1) is 18.2 Å². The molecule has 0 N–H and O–H groups in total. The Balaban J connectivity index is 0. The largest absolute Gasteiger partial charge is 3.00 e. The van der Waals surface area contributed by atoms with Gasteiger partial charge in [0.2, 0.25) is 0 Å². The van der Waals surface area contributed by atoms with E-state index in [9.17, 15) is 0 Å². The first-order valence-electron chi connectivity index (χ1n) is 5.15. The van der Waals surface area contributed by atoms with E-state index in [0.717, 1.165) is 19.3 Å². The number of allylic oxidation sites excluding steroid dienone is 12. The third-order valence-electron chi connectivity index (χ3n) is 1.76. The number of hydrogen-bond acceptors (Lipinski definition) is 0. The van der Waals surface area contributed by atoms with Crippen molar-refractivity contribution in [3.05, 3.63) is 72.9 Å². The number of halogens is 1. The van der Waals surface area contributed by atoms with Crippen LogP contribution >= 0.6 is 0 Å². The average molecular weight is 322 g/mol. The second kappa shape index (κ2) is 15.6. The minimum atomic E-state index is 0. The van der Waals surface area contributed by atoms with Crippen LogP contribution in [-0.2, 0) is 26.2 Å². The van der Waals surface area contributed by atoms with Crippen LogP contribution in [0.2, 0.25) is 0 Å². The minimum absolute atomic E-state index is 0. The Bertz CT molecular complexity index is 238. The first-order chi connectivity index (χ1) is 7.50. The van der Waals surface area contributed by atoms with Crippen LogP contribution in [0.5, 0.6) is 0 Å². The van der Waals surface area contributed by atoms with Gasteiger partial charge in [0.05, 0.1) is 0 Å². The molecule has 0 unspecified atom stereocenters. The van der Waals surface area contributed by atoms with Gasteiger partial charge in [-0.05, 0) is 0 Å². The van der Waals surface area contributed by atoms with Crippen molar-refractivity contribution in [2.24, 2.45) is 0 Å². The summed E-state index contributed by atoms with van der Waals surface area (Å²) in [6.45, 7) is 0. The Morgan fingerprint density at radius 3 is 0.941 bits per heavy atom. The smallest absolute Gasteiger partial charge is 1.00 e. The van der Waals surface area contributed by atoms with E-state index in [4.69, 9.17) is 0 Å². The molecule has 3 aliphatic rings. The van der Waals surface area contributed by atoms with Crippen LogP contribution in [0.1, 0.15) is 19.3 Å².